The molecule has 162 valence electrons. The zero-order valence-corrected chi connectivity index (χ0v) is 16.8. The van der Waals surface area contributed by atoms with Gasteiger partial charge < -0.3 is 14.2 Å². The molecule has 0 aliphatic rings. The molecule has 0 aliphatic heterocycles. The van der Waals surface area contributed by atoms with Gasteiger partial charge in [0.15, 0.2) is 5.69 Å². The first kappa shape index (κ1) is 23.0. The number of carbonyl (C=O) groups excluding carboxylic acids is 1. The first-order valence-electron chi connectivity index (χ1n) is 8.83. The summed E-state index contributed by atoms with van der Waals surface area (Å²) in [4.78, 5) is 28.1. The molecule has 0 aliphatic carbocycles. The van der Waals surface area contributed by atoms with Crippen molar-refractivity contribution in [3.05, 3.63) is 63.8 Å². The predicted octanol–water partition coefficient (Wildman–Crippen LogP) is 3.26. The topological polar surface area (TPSA) is 79.7 Å². The molecule has 0 atom stereocenters. The molecule has 7 nitrogen and oxygen atoms in total. The first-order chi connectivity index (χ1) is 14.1. The highest BCUT2D eigenvalue weighted by molar-refractivity contribution is 6.16. The summed E-state index contributed by atoms with van der Waals surface area (Å²) in [7, 11) is 2.55. The van der Waals surface area contributed by atoms with Crippen molar-refractivity contribution in [2.75, 3.05) is 14.2 Å². The summed E-state index contributed by atoms with van der Waals surface area (Å²) in [6, 6.07) is 6.46. The number of halogens is 3. The van der Waals surface area contributed by atoms with E-state index in [2.05, 4.69) is 4.98 Å². The van der Waals surface area contributed by atoms with Crippen LogP contribution in [0, 0.1) is 0 Å². The van der Waals surface area contributed by atoms with Crippen LogP contribution < -0.4 is 10.3 Å². The van der Waals surface area contributed by atoms with E-state index in [0.717, 1.165) is 4.57 Å². The molecule has 0 spiro atoms. The van der Waals surface area contributed by atoms with Crippen molar-refractivity contribution in [3.63, 3.8) is 0 Å². The van der Waals surface area contributed by atoms with Gasteiger partial charge in [0.1, 0.15) is 5.57 Å². The molecule has 0 saturated carbocycles. The lowest BCUT2D eigenvalue weighted by molar-refractivity contribution is -0.141. The second kappa shape index (κ2) is 9.47. The molecular formula is C20H21F3N2O5. The average Bonchev–Trinajstić information content (AvgIpc) is 2.67. The van der Waals surface area contributed by atoms with Crippen LogP contribution in [-0.4, -0.2) is 35.8 Å². The first-order valence-corrected chi connectivity index (χ1v) is 8.83. The minimum absolute atomic E-state index is 0.0786. The number of benzene rings is 1. The highest BCUT2D eigenvalue weighted by atomic mass is 19.4. The number of ether oxygens (including phenoxy) is 3. The fourth-order valence-electron chi connectivity index (χ4n) is 2.62. The van der Waals surface area contributed by atoms with E-state index in [1.54, 1.807) is 38.1 Å². The number of esters is 1. The van der Waals surface area contributed by atoms with Crippen molar-refractivity contribution in [2.45, 2.75) is 32.7 Å². The molecule has 0 radical (unpaired) electrons. The molecule has 1 heterocycles. The zero-order chi connectivity index (χ0) is 22.5. The minimum atomic E-state index is -4.80. The van der Waals surface area contributed by atoms with Gasteiger partial charge in [-0.25, -0.2) is 4.79 Å². The molecule has 2 aromatic rings. The smallest absolute Gasteiger partial charge is 0.433 e. The Morgan fingerprint density at radius 2 is 1.90 bits per heavy atom. The molecule has 0 fully saturated rings. The molecular weight excluding hydrogens is 405 g/mol. The van der Waals surface area contributed by atoms with Crippen molar-refractivity contribution in [1.82, 2.24) is 9.55 Å². The number of hydrogen-bond donors (Lipinski definition) is 0. The Morgan fingerprint density at radius 3 is 2.47 bits per heavy atom. The van der Waals surface area contributed by atoms with E-state index in [1.165, 1.54) is 20.5 Å². The second-order valence-electron chi connectivity index (χ2n) is 6.43. The van der Waals surface area contributed by atoms with Gasteiger partial charge in [0.2, 0.25) is 0 Å². The van der Waals surface area contributed by atoms with E-state index >= 15 is 0 Å². The van der Waals surface area contributed by atoms with Crippen LogP contribution in [0.1, 0.15) is 30.7 Å². The summed E-state index contributed by atoms with van der Waals surface area (Å²) in [5.41, 5.74) is -1.38. The molecule has 2 rings (SSSR count). The van der Waals surface area contributed by atoms with Crippen LogP contribution in [0.3, 0.4) is 0 Å². The van der Waals surface area contributed by atoms with E-state index in [4.69, 9.17) is 14.2 Å². The maximum atomic E-state index is 13.1. The summed E-state index contributed by atoms with van der Waals surface area (Å²) in [5.74, 6) is -0.680. The van der Waals surface area contributed by atoms with Crippen LogP contribution >= 0.6 is 0 Å². The Bertz CT molecular complexity index is 997. The maximum Gasteiger partial charge on any atom is 0.433 e. The number of carbonyl (C=O) groups is 1. The van der Waals surface area contributed by atoms with Gasteiger partial charge in [0.25, 0.3) is 11.6 Å². The number of rotatable bonds is 7. The van der Waals surface area contributed by atoms with Crippen molar-refractivity contribution in [2.24, 2.45) is 0 Å². The number of alkyl halides is 3. The van der Waals surface area contributed by atoms with E-state index in [1.807, 2.05) is 0 Å². The zero-order valence-electron chi connectivity index (χ0n) is 16.8. The highest BCUT2D eigenvalue weighted by Crippen LogP contribution is 2.28. The average molecular weight is 426 g/mol. The molecule has 30 heavy (non-hydrogen) atoms. The van der Waals surface area contributed by atoms with Crippen molar-refractivity contribution in [3.8, 4) is 6.01 Å². The van der Waals surface area contributed by atoms with E-state index < -0.39 is 35.5 Å². The van der Waals surface area contributed by atoms with Crippen LogP contribution in [0.5, 0.6) is 6.01 Å². The molecule has 0 bridgehead atoms. The van der Waals surface area contributed by atoms with Crippen molar-refractivity contribution >= 4 is 11.5 Å². The Morgan fingerprint density at radius 1 is 1.23 bits per heavy atom. The number of methoxy groups -OCH3 is 2. The van der Waals surface area contributed by atoms with Gasteiger partial charge in [0, 0.05) is 6.07 Å². The fourth-order valence-corrected chi connectivity index (χ4v) is 2.62. The monoisotopic (exact) mass is 426 g/mol. The molecule has 1 aromatic carbocycles. The predicted molar refractivity (Wildman–Crippen MR) is 102 cm³/mol. The summed E-state index contributed by atoms with van der Waals surface area (Å²) in [6.07, 6.45) is -4.14. The molecule has 0 saturated heterocycles. The third-order valence-corrected chi connectivity index (χ3v) is 3.88. The molecule has 0 N–H and O–H groups in total. The summed E-state index contributed by atoms with van der Waals surface area (Å²) < 4.78 is 55.3. The van der Waals surface area contributed by atoms with Gasteiger partial charge in [-0.1, -0.05) is 24.3 Å². The third-order valence-electron chi connectivity index (χ3n) is 3.88. The van der Waals surface area contributed by atoms with Gasteiger partial charge >= 0.3 is 12.1 Å². The van der Waals surface area contributed by atoms with Crippen LogP contribution in [-0.2, 0) is 27.0 Å². The van der Waals surface area contributed by atoms with Crippen molar-refractivity contribution in [1.29, 1.82) is 0 Å². The van der Waals surface area contributed by atoms with E-state index in [9.17, 15) is 22.8 Å². The quantitative estimate of drug-likeness (QED) is 0.384. The van der Waals surface area contributed by atoms with E-state index in [-0.39, 0.29) is 12.1 Å². The lowest BCUT2D eigenvalue weighted by atomic mass is 10.0. The van der Waals surface area contributed by atoms with Crippen LogP contribution in [0.2, 0.25) is 0 Å². The Labute approximate surface area is 170 Å². The highest BCUT2D eigenvalue weighted by Gasteiger charge is 2.34. The Balaban J connectivity index is 2.62. The minimum Gasteiger partial charge on any atom is -0.503 e. The maximum absolute atomic E-state index is 13.1. The van der Waals surface area contributed by atoms with Gasteiger partial charge in [-0.2, -0.15) is 18.2 Å². The standard InChI is InChI=1S/C20H21F3N2O5/c1-12(2)30-19-24-16(20(21,22)23)9-17(26)25(19)10-13-7-5-6-8-14(13)15(11-28-3)18(27)29-4/h5-9,11-12H,10H2,1-4H3. The molecule has 0 unspecified atom stereocenters. The van der Waals surface area contributed by atoms with E-state index in [0.29, 0.717) is 17.2 Å². The van der Waals surface area contributed by atoms with Gasteiger partial charge in [-0.05, 0) is 25.0 Å². The molecule has 10 heteroatoms. The molecule has 1 aromatic heterocycles. The number of hydrogen-bond acceptors (Lipinski definition) is 6. The second-order valence-corrected chi connectivity index (χ2v) is 6.43. The largest absolute Gasteiger partial charge is 0.503 e. The summed E-state index contributed by atoms with van der Waals surface area (Å²) in [5, 5.41) is 0. The number of aromatic nitrogens is 2. The summed E-state index contributed by atoms with van der Waals surface area (Å²) >= 11 is 0. The van der Waals surface area contributed by atoms with Crippen LogP contribution in [0.25, 0.3) is 5.57 Å². The van der Waals surface area contributed by atoms with Gasteiger partial charge in [-0.3, -0.25) is 9.36 Å². The fraction of sp³-hybridized carbons (Fsp3) is 0.350. The van der Waals surface area contributed by atoms with Crippen LogP contribution in [0.4, 0.5) is 13.2 Å². The van der Waals surface area contributed by atoms with Crippen molar-refractivity contribution < 1.29 is 32.2 Å². The summed E-state index contributed by atoms with van der Waals surface area (Å²) in [6.45, 7) is 3.00. The normalized spacial score (nSPS) is 12.1. The Kier molecular flexibility index (Phi) is 7.25. The lowest BCUT2D eigenvalue weighted by Crippen LogP contribution is -2.28. The number of nitrogens with zero attached hydrogens (tertiary/aromatic N) is 2. The van der Waals surface area contributed by atoms with Gasteiger partial charge in [-0.15, -0.1) is 0 Å². The lowest BCUT2D eigenvalue weighted by Gasteiger charge is -2.18. The van der Waals surface area contributed by atoms with Crippen LogP contribution in [0.15, 0.2) is 41.4 Å². The molecule has 0 amide bonds. The Hall–Kier alpha value is -3.30. The third kappa shape index (κ3) is 5.40. The van der Waals surface area contributed by atoms with Gasteiger partial charge in [0.05, 0.1) is 33.1 Å². The SMILES string of the molecule is COC=C(C(=O)OC)c1ccccc1Cn1c(OC(C)C)nc(C(F)(F)F)cc1=O.